The van der Waals surface area contributed by atoms with E-state index in [2.05, 4.69) is 30.9 Å². The number of piperidine rings is 1. The van der Waals surface area contributed by atoms with Crippen molar-refractivity contribution in [2.45, 2.75) is 59.4 Å². The van der Waals surface area contributed by atoms with Crippen molar-refractivity contribution >= 4 is 11.9 Å². The molecule has 1 aromatic carbocycles. The summed E-state index contributed by atoms with van der Waals surface area (Å²) in [6.07, 6.45) is 2.70. The van der Waals surface area contributed by atoms with E-state index in [9.17, 15) is 9.59 Å². The van der Waals surface area contributed by atoms with Crippen LogP contribution in [0.4, 0.5) is 0 Å². The smallest absolute Gasteiger partial charge is 0.312 e. The van der Waals surface area contributed by atoms with Crippen LogP contribution in [0.5, 0.6) is 11.5 Å². The van der Waals surface area contributed by atoms with Crippen molar-refractivity contribution in [2.75, 3.05) is 33.9 Å². The van der Waals surface area contributed by atoms with Gasteiger partial charge in [-0.2, -0.15) is 0 Å². The minimum atomic E-state index is -1.04. The van der Waals surface area contributed by atoms with Gasteiger partial charge in [-0.25, -0.2) is 0 Å². The maximum atomic E-state index is 12.7. The van der Waals surface area contributed by atoms with E-state index in [1.165, 1.54) is 11.1 Å². The quantitative estimate of drug-likeness (QED) is 0.548. The lowest BCUT2D eigenvalue weighted by Gasteiger charge is -2.47. The number of carbonyl (C=O) groups excluding carboxylic acids is 1. The molecule has 1 fully saturated rings. The lowest BCUT2D eigenvalue weighted by atomic mass is 9.74. The van der Waals surface area contributed by atoms with Crippen LogP contribution in [-0.4, -0.2) is 55.9 Å². The molecule has 2 aliphatic rings. The minimum absolute atomic E-state index is 0.220. The minimum Gasteiger partial charge on any atom is -0.493 e. The largest absolute Gasteiger partial charge is 0.493 e. The lowest BCUT2D eigenvalue weighted by molar-refractivity contribution is -0.161. The highest BCUT2D eigenvalue weighted by atomic mass is 16.5. The molecule has 1 N–H and O–H groups in total. The van der Waals surface area contributed by atoms with Gasteiger partial charge in [-0.1, -0.05) is 13.8 Å². The van der Waals surface area contributed by atoms with Crippen molar-refractivity contribution in [1.29, 1.82) is 0 Å². The van der Waals surface area contributed by atoms with Crippen LogP contribution in [0.2, 0.25) is 0 Å². The normalized spacial score (nSPS) is 22.9. The number of aliphatic carboxylic acids is 1. The maximum absolute atomic E-state index is 12.7. The van der Waals surface area contributed by atoms with E-state index in [4.69, 9.17) is 19.3 Å². The predicted octanol–water partition coefficient (Wildman–Crippen LogP) is 4.33. The second kappa shape index (κ2) is 10.3. The third-order valence-electron chi connectivity index (χ3n) is 7.12. The first-order valence-electron chi connectivity index (χ1n) is 11.9. The molecule has 1 aromatic rings. The van der Waals surface area contributed by atoms with Gasteiger partial charge in [0.25, 0.3) is 0 Å². The van der Waals surface area contributed by atoms with Gasteiger partial charge in [-0.3, -0.25) is 14.5 Å². The van der Waals surface area contributed by atoms with E-state index < -0.39 is 17.4 Å². The third kappa shape index (κ3) is 5.81. The zero-order valence-corrected chi connectivity index (χ0v) is 20.8. The Morgan fingerprint density at radius 3 is 2.42 bits per heavy atom. The van der Waals surface area contributed by atoms with Crippen molar-refractivity contribution in [3.05, 3.63) is 23.3 Å². The highest BCUT2D eigenvalue weighted by Gasteiger charge is 2.41. The zero-order chi connectivity index (χ0) is 24.3. The highest BCUT2D eigenvalue weighted by Crippen LogP contribution is 2.45. The van der Waals surface area contributed by atoms with Crippen molar-refractivity contribution in [2.24, 2.45) is 23.2 Å². The topological polar surface area (TPSA) is 85.3 Å². The Morgan fingerprint density at radius 2 is 1.82 bits per heavy atom. The second-order valence-electron chi connectivity index (χ2n) is 10.6. The monoisotopic (exact) mass is 461 g/mol. The summed E-state index contributed by atoms with van der Waals surface area (Å²) in [4.78, 5) is 26.4. The van der Waals surface area contributed by atoms with Gasteiger partial charge in [0.2, 0.25) is 0 Å². The third-order valence-corrected chi connectivity index (χ3v) is 7.12. The molecule has 0 bridgehead atoms. The average molecular weight is 462 g/mol. The van der Waals surface area contributed by atoms with E-state index in [0.717, 1.165) is 43.9 Å². The van der Waals surface area contributed by atoms with Crippen LogP contribution in [0.1, 0.15) is 64.1 Å². The summed E-state index contributed by atoms with van der Waals surface area (Å²) in [5, 5.41) is 9.13. The molecule has 0 aromatic heterocycles. The Balaban J connectivity index is 1.81. The molecule has 0 saturated carbocycles. The number of hydrogen-bond acceptors (Lipinski definition) is 6. The lowest BCUT2D eigenvalue weighted by Crippen LogP contribution is -2.47. The fourth-order valence-corrected chi connectivity index (χ4v) is 5.41. The number of ether oxygens (including phenoxy) is 3. The predicted molar refractivity (Wildman–Crippen MR) is 126 cm³/mol. The van der Waals surface area contributed by atoms with Gasteiger partial charge in [-0.05, 0) is 74.1 Å². The molecule has 0 radical (unpaired) electrons. The Morgan fingerprint density at radius 1 is 1.15 bits per heavy atom. The van der Waals surface area contributed by atoms with E-state index >= 15 is 0 Å². The number of hydrogen-bond donors (Lipinski definition) is 1. The average Bonchev–Trinajstić information content (AvgIpc) is 2.74. The maximum Gasteiger partial charge on any atom is 0.312 e. The number of rotatable bonds is 9. The first-order valence-corrected chi connectivity index (χ1v) is 11.9. The van der Waals surface area contributed by atoms with Gasteiger partial charge >= 0.3 is 11.9 Å². The summed E-state index contributed by atoms with van der Waals surface area (Å²) in [5.41, 5.74) is 1.51. The molecular weight excluding hydrogens is 422 g/mol. The standard InChI is InChI=1S/C26H39NO6/c1-16(2)9-18-14-27-8-7-17-11-22(31-5)23(32-6)12-20(17)21(27)10-19(18)15-33-25(30)26(3,4)13-24(28)29/h11-12,16,18-19,21H,7-10,13-15H2,1-6H3,(H,28,29)/t18-,19+,21-/m1/s1. The van der Waals surface area contributed by atoms with E-state index in [0.29, 0.717) is 18.4 Å². The first kappa shape index (κ1) is 25.3. The Kier molecular flexibility index (Phi) is 7.93. The number of carboxylic acids is 1. The van der Waals surface area contributed by atoms with Gasteiger partial charge in [0.15, 0.2) is 11.5 Å². The first-order chi connectivity index (χ1) is 15.6. The summed E-state index contributed by atoms with van der Waals surface area (Å²) in [6, 6.07) is 4.44. The van der Waals surface area contributed by atoms with Crippen molar-refractivity contribution in [3.8, 4) is 11.5 Å². The van der Waals surface area contributed by atoms with Gasteiger partial charge in [0, 0.05) is 19.1 Å². The fourth-order valence-electron chi connectivity index (χ4n) is 5.41. The van der Waals surface area contributed by atoms with Crippen molar-refractivity contribution in [1.82, 2.24) is 4.90 Å². The van der Waals surface area contributed by atoms with E-state index in [-0.39, 0.29) is 18.4 Å². The zero-order valence-electron chi connectivity index (χ0n) is 20.8. The van der Waals surface area contributed by atoms with Gasteiger partial charge in [0.1, 0.15) is 0 Å². The highest BCUT2D eigenvalue weighted by molar-refractivity contribution is 5.82. The van der Waals surface area contributed by atoms with E-state index in [1.54, 1.807) is 28.1 Å². The summed E-state index contributed by atoms with van der Waals surface area (Å²) < 4.78 is 16.8. The molecule has 7 heteroatoms. The summed E-state index contributed by atoms with van der Waals surface area (Å²) in [7, 11) is 3.32. The van der Waals surface area contributed by atoms with Crippen LogP contribution in [0.15, 0.2) is 12.1 Å². The van der Waals surface area contributed by atoms with Gasteiger partial charge < -0.3 is 19.3 Å². The number of esters is 1. The molecule has 33 heavy (non-hydrogen) atoms. The Hall–Kier alpha value is -2.28. The second-order valence-corrected chi connectivity index (χ2v) is 10.6. The molecule has 3 rings (SSSR count). The Labute approximate surface area is 197 Å². The van der Waals surface area contributed by atoms with Crippen LogP contribution < -0.4 is 9.47 Å². The van der Waals surface area contributed by atoms with Crippen LogP contribution in [0.3, 0.4) is 0 Å². The molecular formula is C26H39NO6. The number of nitrogens with zero attached hydrogens (tertiary/aromatic N) is 1. The summed E-state index contributed by atoms with van der Waals surface area (Å²) in [6.45, 7) is 10.0. The SMILES string of the molecule is COc1cc2c(cc1OC)[C@H]1C[C@@H](COC(=O)C(C)(C)CC(=O)O)[C@H](CC(C)C)CN1CC2. The molecule has 184 valence electrons. The molecule has 7 nitrogen and oxygen atoms in total. The van der Waals surface area contributed by atoms with Crippen LogP contribution in [0.25, 0.3) is 0 Å². The summed E-state index contributed by atoms with van der Waals surface area (Å²) in [5.74, 6) is 1.26. The fraction of sp³-hybridized carbons (Fsp3) is 0.692. The molecule has 0 spiro atoms. The number of methoxy groups -OCH3 is 2. The number of fused-ring (bicyclic) bond motifs is 3. The van der Waals surface area contributed by atoms with Crippen molar-refractivity contribution in [3.63, 3.8) is 0 Å². The molecule has 2 heterocycles. The molecule has 3 atom stereocenters. The van der Waals surface area contributed by atoms with Gasteiger partial charge in [0.05, 0.1) is 32.7 Å². The van der Waals surface area contributed by atoms with Crippen LogP contribution >= 0.6 is 0 Å². The number of benzene rings is 1. The van der Waals surface area contributed by atoms with Crippen molar-refractivity contribution < 1.29 is 28.9 Å². The van der Waals surface area contributed by atoms with Crippen LogP contribution in [-0.2, 0) is 20.7 Å². The van der Waals surface area contributed by atoms with Gasteiger partial charge in [-0.15, -0.1) is 0 Å². The Bertz CT molecular complexity index is 865. The molecule has 1 saturated heterocycles. The number of carbonyl (C=O) groups is 2. The summed E-state index contributed by atoms with van der Waals surface area (Å²) >= 11 is 0. The molecule has 0 aliphatic carbocycles. The van der Waals surface area contributed by atoms with E-state index in [1.807, 2.05) is 0 Å². The molecule has 0 amide bonds. The molecule has 0 unspecified atom stereocenters. The number of carboxylic acid groups (broad SMARTS) is 1. The van der Waals surface area contributed by atoms with Crippen LogP contribution in [0, 0.1) is 23.2 Å². The molecule has 2 aliphatic heterocycles.